The van der Waals surface area contributed by atoms with E-state index in [0.29, 0.717) is 5.56 Å². The molecule has 0 bridgehead atoms. The van der Waals surface area contributed by atoms with Crippen LogP contribution in [0.2, 0.25) is 0 Å². The van der Waals surface area contributed by atoms with Crippen LogP contribution in [0.25, 0.3) is 10.9 Å². The average Bonchev–Trinajstić information content (AvgIpc) is 2.71. The molecule has 2 aromatic rings. The first-order valence-electron chi connectivity index (χ1n) is 6.91. The molecule has 1 heterocycles. The fraction of sp³-hybridized carbons (Fsp3) is 0.438. The molecular formula is C16H22N2O2. The number of aryl methyl sites for hydroxylation is 1. The van der Waals surface area contributed by atoms with Crippen molar-refractivity contribution in [2.24, 2.45) is 5.92 Å². The number of hydrogen-bond acceptors (Lipinski definition) is 2. The Morgan fingerprint density at radius 1 is 1.40 bits per heavy atom. The van der Waals surface area contributed by atoms with Crippen molar-refractivity contribution in [3.8, 4) is 0 Å². The van der Waals surface area contributed by atoms with Crippen molar-refractivity contribution < 1.29 is 9.90 Å². The third-order valence-electron chi connectivity index (χ3n) is 3.97. The summed E-state index contributed by atoms with van der Waals surface area (Å²) >= 11 is 0. The lowest BCUT2D eigenvalue weighted by atomic mass is 9.92. The summed E-state index contributed by atoms with van der Waals surface area (Å²) in [5.74, 6) is -0.0762. The van der Waals surface area contributed by atoms with Crippen molar-refractivity contribution >= 4 is 16.8 Å². The van der Waals surface area contributed by atoms with E-state index in [0.717, 1.165) is 16.6 Å². The first kappa shape index (κ1) is 14.6. The van der Waals surface area contributed by atoms with Crippen molar-refractivity contribution in [1.82, 2.24) is 10.3 Å². The molecule has 108 valence electrons. The van der Waals surface area contributed by atoms with E-state index in [1.54, 1.807) is 6.92 Å². The van der Waals surface area contributed by atoms with E-state index in [4.69, 9.17) is 0 Å². The molecule has 20 heavy (non-hydrogen) atoms. The van der Waals surface area contributed by atoms with Crippen LogP contribution < -0.4 is 5.32 Å². The molecule has 2 rings (SSSR count). The summed E-state index contributed by atoms with van der Waals surface area (Å²) in [6.07, 6.45) is 0. The maximum Gasteiger partial charge on any atom is 0.253 e. The van der Waals surface area contributed by atoms with E-state index >= 15 is 0 Å². The number of aromatic amines is 1. The smallest absolute Gasteiger partial charge is 0.253 e. The fourth-order valence-electron chi connectivity index (χ4n) is 2.12. The van der Waals surface area contributed by atoms with Crippen LogP contribution in [0.15, 0.2) is 24.3 Å². The molecule has 0 aliphatic carbocycles. The highest BCUT2D eigenvalue weighted by molar-refractivity contribution is 6.08. The third kappa shape index (κ3) is 2.70. The third-order valence-corrected chi connectivity index (χ3v) is 3.97. The van der Waals surface area contributed by atoms with Crippen molar-refractivity contribution in [1.29, 1.82) is 0 Å². The molecule has 0 aliphatic heterocycles. The van der Waals surface area contributed by atoms with Gasteiger partial charge >= 0.3 is 0 Å². The highest BCUT2D eigenvalue weighted by Crippen LogP contribution is 2.22. The molecule has 1 atom stereocenters. The minimum Gasteiger partial charge on any atom is -0.388 e. The Labute approximate surface area is 119 Å². The Balaban J connectivity index is 2.22. The summed E-state index contributed by atoms with van der Waals surface area (Å²) in [7, 11) is 0. The fourth-order valence-corrected chi connectivity index (χ4v) is 2.12. The lowest BCUT2D eigenvalue weighted by Crippen LogP contribution is -2.44. The molecule has 0 saturated heterocycles. The summed E-state index contributed by atoms with van der Waals surface area (Å²) in [5, 5.41) is 13.9. The summed E-state index contributed by atoms with van der Waals surface area (Å²) < 4.78 is 0. The van der Waals surface area contributed by atoms with Gasteiger partial charge < -0.3 is 15.4 Å². The maximum absolute atomic E-state index is 12.4. The highest BCUT2D eigenvalue weighted by atomic mass is 16.3. The van der Waals surface area contributed by atoms with Gasteiger partial charge in [0, 0.05) is 23.1 Å². The van der Waals surface area contributed by atoms with E-state index in [2.05, 4.69) is 10.3 Å². The minimum absolute atomic E-state index is 0.0758. The highest BCUT2D eigenvalue weighted by Gasteiger charge is 2.26. The number of aliphatic hydroxyl groups is 1. The van der Waals surface area contributed by atoms with Crippen molar-refractivity contribution in [3.05, 3.63) is 35.5 Å². The number of amides is 1. The summed E-state index contributed by atoms with van der Waals surface area (Å²) in [4.78, 5) is 15.6. The van der Waals surface area contributed by atoms with E-state index in [1.807, 2.05) is 45.0 Å². The monoisotopic (exact) mass is 274 g/mol. The zero-order valence-electron chi connectivity index (χ0n) is 12.4. The summed E-state index contributed by atoms with van der Waals surface area (Å²) in [6, 6.07) is 7.72. The van der Waals surface area contributed by atoms with Crippen molar-refractivity contribution in [2.75, 3.05) is 6.54 Å². The quantitative estimate of drug-likeness (QED) is 0.802. The topological polar surface area (TPSA) is 65.1 Å². The Morgan fingerprint density at radius 2 is 2.05 bits per heavy atom. The number of benzene rings is 1. The van der Waals surface area contributed by atoms with Crippen LogP contribution in [0.3, 0.4) is 0 Å². The van der Waals surface area contributed by atoms with Gasteiger partial charge in [0.15, 0.2) is 0 Å². The first-order chi connectivity index (χ1) is 9.33. The van der Waals surface area contributed by atoms with Crippen LogP contribution >= 0.6 is 0 Å². The van der Waals surface area contributed by atoms with E-state index < -0.39 is 5.60 Å². The number of fused-ring (bicyclic) bond motifs is 1. The average molecular weight is 274 g/mol. The first-order valence-corrected chi connectivity index (χ1v) is 6.91. The summed E-state index contributed by atoms with van der Waals surface area (Å²) in [5.41, 5.74) is 1.54. The number of H-pyrrole nitrogens is 1. The SMILES string of the molecule is Cc1[nH]c2ccccc2c1C(=O)NCC(C)(O)C(C)C. The van der Waals surface area contributed by atoms with E-state index in [9.17, 15) is 9.90 Å². The lowest BCUT2D eigenvalue weighted by molar-refractivity contribution is 0.0142. The number of hydrogen-bond donors (Lipinski definition) is 3. The zero-order chi connectivity index (χ0) is 14.9. The molecule has 0 fully saturated rings. The van der Waals surface area contributed by atoms with Gasteiger partial charge in [-0.2, -0.15) is 0 Å². The van der Waals surface area contributed by atoms with E-state index in [1.165, 1.54) is 0 Å². The second-order valence-electron chi connectivity index (χ2n) is 5.87. The second kappa shape index (κ2) is 5.29. The Bertz CT molecular complexity index is 626. The predicted octanol–water partition coefficient (Wildman–Crippen LogP) is 2.61. The lowest BCUT2D eigenvalue weighted by Gasteiger charge is -2.27. The molecule has 3 N–H and O–H groups in total. The van der Waals surface area contributed by atoms with E-state index in [-0.39, 0.29) is 18.4 Å². The number of para-hydroxylation sites is 1. The van der Waals surface area contributed by atoms with Crippen LogP contribution in [0.1, 0.15) is 36.8 Å². The number of carbonyl (C=O) groups is 1. The largest absolute Gasteiger partial charge is 0.388 e. The van der Waals surface area contributed by atoms with Gasteiger partial charge in [0.2, 0.25) is 0 Å². The van der Waals surface area contributed by atoms with Crippen LogP contribution in [0.5, 0.6) is 0 Å². The van der Waals surface area contributed by atoms with Gasteiger partial charge in [0.05, 0.1) is 11.2 Å². The van der Waals surface area contributed by atoms with Gasteiger partial charge in [-0.25, -0.2) is 0 Å². The van der Waals surface area contributed by atoms with Gasteiger partial charge in [-0.05, 0) is 25.8 Å². The number of nitrogens with one attached hydrogen (secondary N) is 2. The Kier molecular flexibility index (Phi) is 3.86. The molecule has 0 radical (unpaired) electrons. The second-order valence-corrected chi connectivity index (χ2v) is 5.87. The van der Waals surface area contributed by atoms with Crippen LogP contribution in [0.4, 0.5) is 0 Å². The molecule has 0 saturated carbocycles. The standard InChI is InChI=1S/C16H22N2O2/c1-10(2)16(4,20)9-17-15(19)14-11(3)18-13-8-6-5-7-12(13)14/h5-8,10,18,20H,9H2,1-4H3,(H,17,19). The van der Waals surface area contributed by atoms with Crippen LogP contribution in [-0.4, -0.2) is 28.1 Å². The molecule has 4 nitrogen and oxygen atoms in total. The normalized spacial score (nSPS) is 14.5. The van der Waals surface area contributed by atoms with Gasteiger partial charge in [0.1, 0.15) is 0 Å². The number of carbonyl (C=O) groups excluding carboxylic acids is 1. The van der Waals surface area contributed by atoms with Gasteiger partial charge in [0.25, 0.3) is 5.91 Å². The molecule has 4 heteroatoms. The van der Waals surface area contributed by atoms with Gasteiger partial charge in [-0.15, -0.1) is 0 Å². The maximum atomic E-state index is 12.4. The molecule has 0 spiro atoms. The Hall–Kier alpha value is -1.81. The molecule has 1 amide bonds. The molecule has 1 aromatic heterocycles. The van der Waals surface area contributed by atoms with Gasteiger partial charge in [-0.1, -0.05) is 32.0 Å². The van der Waals surface area contributed by atoms with Crippen molar-refractivity contribution in [2.45, 2.75) is 33.3 Å². The summed E-state index contributed by atoms with van der Waals surface area (Å²) in [6.45, 7) is 7.73. The minimum atomic E-state index is -0.907. The molecular weight excluding hydrogens is 252 g/mol. The van der Waals surface area contributed by atoms with Gasteiger partial charge in [-0.3, -0.25) is 4.79 Å². The molecule has 1 aromatic carbocycles. The zero-order valence-corrected chi connectivity index (χ0v) is 12.4. The predicted molar refractivity (Wildman–Crippen MR) is 80.8 cm³/mol. The van der Waals surface area contributed by atoms with Crippen LogP contribution in [-0.2, 0) is 0 Å². The van der Waals surface area contributed by atoms with Crippen LogP contribution in [0, 0.1) is 12.8 Å². The molecule has 1 unspecified atom stereocenters. The van der Waals surface area contributed by atoms with Crippen molar-refractivity contribution in [3.63, 3.8) is 0 Å². The number of aromatic nitrogens is 1. The molecule has 0 aliphatic rings. The number of rotatable bonds is 4. The Morgan fingerprint density at radius 3 is 2.70 bits per heavy atom.